The van der Waals surface area contributed by atoms with E-state index in [0.29, 0.717) is 24.6 Å². The second kappa shape index (κ2) is 4.21. The van der Waals surface area contributed by atoms with Crippen LogP contribution in [0, 0.1) is 5.82 Å². The third-order valence-electron chi connectivity index (χ3n) is 4.03. The van der Waals surface area contributed by atoms with Gasteiger partial charge in [0.05, 0.1) is 7.11 Å². The molecule has 2 aliphatic rings. The average Bonchev–Trinajstić information content (AvgIpc) is 3.14. The van der Waals surface area contributed by atoms with Gasteiger partial charge in [-0.05, 0) is 25.3 Å². The minimum atomic E-state index is -1.07. The van der Waals surface area contributed by atoms with Crippen molar-refractivity contribution in [2.24, 2.45) is 0 Å². The van der Waals surface area contributed by atoms with Crippen LogP contribution in [0.2, 0.25) is 0 Å². The van der Waals surface area contributed by atoms with Crippen LogP contribution in [0.4, 0.5) is 4.39 Å². The molecule has 0 bridgehead atoms. The van der Waals surface area contributed by atoms with Crippen LogP contribution < -0.4 is 4.74 Å². The average molecular weight is 251 g/mol. The van der Waals surface area contributed by atoms with Crippen molar-refractivity contribution in [2.45, 2.75) is 30.9 Å². The zero-order valence-corrected chi connectivity index (χ0v) is 10.5. The van der Waals surface area contributed by atoms with Gasteiger partial charge in [-0.1, -0.05) is 12.1 Å². The number of aliphatic hydroxyl groups is 1. The number of likely N-dealkylation sites (tertiary alicyclic amines) is 1. The third-order valence-corrected chi connectivity index (χ3v) is 4.03. The molecule has 0 radical (unpaired) electrons. The van der Waals surface area contributed by atoms with E-state index in [-0.39, 0.29) is 5.75 Å². The number of β-amino-alcohol motifs (C(OH)–C–C–N with tert-alkyl or cyclic N) is 1. The van der Waals surface area contributed by atoms with Crippen LogP contribution in [-0.2, 0) is 5.60 Å². The van der Waals surface area contributed by atoms with Crippen molar-refractivity contribution in [1.82, 2.24) is 4.90 Å². The zero-order valence-electron chi connectivity index (χ0n) is 10.5. The molecule has 1 atom stereocenters. The van der Waals surface area contributed by atoms with Crippen molar-refractivity contribution in [3.05, 3.63) is 29.6 Å². The quantitative estimate of drug-likeness (QED) is 0.890. The van der Waals surface area contributed by atoms with Gasteiger partial charge in [-0.3, -0.25) is 4.90 Å². The van der Waals surface area contributed by atoms with Gasteiger partial charge in [-0.25, -0.2) is 4.39 Å². The molecule has 3 nitrogen and oxygen atoms in total. The van der Waals surface area contributed by atoms with Gasteiger partial charge in [0.1, 0.15) is 5.60 Å². The highest BCUT2D eigenvalue weighted by Gasteiger charge is 2.44. The summed E-state index contributed by atoms with van der Waals surface area (Å²) in [6.07, 6.45) is 3.00. The second-order valence-electron chi connectivity index (χ2n) is 5.31. The van der Waals surface area contributed by atoms with Gasteiger partial charge in [0.15, 0.2) is 11.6 Å². The van der Waals surface area contributed by atoms with E-state index in [2.05, 4.69) is 4.90 Å². The molecule has 1 saturated heterocycles. The highest BCUT2D eigenvalue weighted by atomic mass is 19.1. The van der Waals surface area contributed by atoms with E-state index in [1.54, 1.807) is 18.2 Å². The lowest BCUT2D eigenvalue weighted by Crippen LogP contribution is -2.32. The molecule has 1 N–H and O–H groups in total. The summed E-state index contributed by atoms with van der Waals surface area (Å²) in [4.78, 5) is 2.26. The Morgan fingerprint density at radius 1 is 1.44 bits per heavy atom. The highest BCUT2D eigenvalue weighted by Crippen LogP contribution is 2.40. The minimum absolute atomic E-state index is 0.200. The van der Waals surface area contributed by atoms with E-state index in [1.165, 1.54) is 20.0 Å². The first-order valence-corrected chi connectivity index (χ1v) is 6.43. The Morgan fingerprint density at radius 3 is 2.89 bits per heavy atom. The monoisotopic (exact) mass is 251 g/mol. The first-order chi connectivity index (χ1) is 8.64. The Labute approximate surface area is 106 Å². The molecular weight excluding hydrogens is 233 g/mol. The second-order valence-corrected chi connectivity index (χ2v) is 5.31. The van der Waals surface area contributed by atoms with Crippen molar-refractivity contribution in [1.29, 1.82) is 0 Å². The molecule has 0 amide bonds. The molecule has 1 aliphatic heterocycles. The first-order valence-electron chi connectivity index (χ1n) is 6.43. The molecule has 98 valence electrons. The number of benzene rings is 1. The summed E-state index contributed by atoms with van der Waals surface area (Å²) in [7, 11) is 1.44. The van der Waals surface area contributed by atoms with Gasteiger partial charge in [0, 0.05) is 24.7 Å². The summed E-state index contributed by atoms with van der Waals surface area (Å²) in [5.41, 5.74) is -0.702. The molecule has 1 saturated carbocycles. The zero-order chi connectivity index (χ0) is 12.8. The largest absolute Gasteiger partial charge is 0.494 e. The van der Waals surface area contributed by atoms with Gasteiger partial charge in [-0.2, -0.15) is 0 Å². The van der Waals surface area contributed by atoms with E-state index in [1.807, 2.05) is 0 Å². The number of nitrogens with zero attached hydrogens (tertiary/aromatic N) is 1. The number of hydrogen-bond acceptors (Lipinski definition) is 3. The Morgan fingerprint density at radius 2 is 2.22 bits per heavy atom. The predicted molar refractivity (Wildman–Crippen MR) is 66.1 cm³/mol. The third kappa shape index (κ3) is 1.89. The molecule has 1 aromatic rings. The van der Waals surface area contributed by atoms with Gasteiger partial charge >= 0.3 is 0 Å². The molecule has 1 aliphatic carbocycles. The van der Waals surface area contributed by atoms with Gasteiger partial charge < -0.3 is 9.84 Å². The molecule has 18 heavy (non-hydrogen) atoms. The van der Waals surface area contributed by atoms with Crippen molar-refractivity contribution in [3.8, 4) is 5.75 Å². The van der Waals surface area contributed by atoms with E-state index in [4.69, 9.17) is 4.74 Å². The molecular formula is C14H18FNO2. The number of halogens is 1. The van der Waals surface area contributed by atoms with Crippen LogP contribution in [0.1, 0.15) is 24.8 Å². The SMILES string of the molecule is COc1cccc(C2(O)CCN(C3CC3)C2)c1F. The van der Waals surface area contributed by atoms with E-state index < -0.39 is 11.4 Å². The normalized spacial score (nSPS) is 28.6. The summed E-state index contributed by atoms with van der Waals surface area (Å²) in [6.45, 7) is 1.37. The fraction of sp³-hybridized carbons (Fsp3) is 0.571. The molecule has 3 rings (SSSR count). The fourth-order valence-electron chi connectivity index (χ4n) is 2.82. The van der Waals surface area contributed by atoms with Crippen molar-refractivity contribution < 1.29 is 14.2 Å². The smallest absolute Gasteiger partial charge is 0.171 e. The molecule has 1 unspecified atom stereocenters. The van der Waals surface area contributed by atoms with E-state index in [9.17, 15) is 9.50 Å². The number of ether oxygens (including phenoxy) is 1. The van der Waals surface area contributed by atoms with Crippen LogP contribution in [0.25, 0.3) is 0 Å². The van der Waals surface area contributed by atoms with Gasteiger partial charge in [0.25, 0.3) is 0 Å². The lowest BCUT2D eigenvalue weighted by atomic mass is 9.92. The van der Waals surface area contributed by atoms with E-state index in [0.717, 1.165) is 6.54 Å². The Balaban J connectivity index is 1.89. The molecule has 0 spiro atoms. The predicted octanol–water partition coefficient (Wildman–Crippen LogP) is 1.89. The summed E-state index contributed by atoms with van der Waals surface area (Å²) < 4.78 is 19.2. The van der Waals surface area contributed by atoms with Gasteiger partial charge in [-0.15, -0.1) is 0 Å². The molecule has 1 aromatic carbocycles. The maximum atomic E-state index is 14.2. The number of rotatable bonds is 3. The van der Waals surface area contributed by atoms with Crippen LogP contribution in [-0.4, -0.2) is 36.2 Å². The Bertz CT molecular complexity index is 461. The fourth-order valence-corrected chi connectivity index (χ4v) is 2.82. The lowest BCUT2D eigenvalue weighted by Gasteiger charge is -2.25. The number of methoxy groups -OCH3 is 1. The summed E-state index contributed by atoms with van der Waals surface area (Å²) >= 11 is 0. The molecule has 2 fully saturated rings. The minimum Gasteiger partial charge on any atom is -0.494 e. The standard InChI is InChI=1S/C14H18FNO2/c1-18-12-4-2-3-11(13(12)15)14(17)7-8-16(9-14)10-5-6-10/h2-4,10,17H,5-9H2,1H3. The van der Waals surface area contributed by atoms with Crippen LogP contribution in [0.15, 0.2) is 18.2 Å². The lowest BCUT2D eigenvalue weighted by molar-refractivity contribution is 0.0412. The van der Waals surface area contributed by atoms with E-state index >= 15 is 0 Å². The van der Waals surface area contributed by atoms with Crippen LogP contribution in [0.3, 0.4) is 0 Å². The van der Waals surface area contributed by atoms with Crippen LogP contribution >= 0.6 is 0 Å². The van der Waals surface area contributed by atoms with Gasteiger partial charge in [0.2, 0.25) is 0 Å². The molecule has 0 aromatic heterocycles. The Hall–Kier alpha value is -1.13. The maximum Gasteiger partial charge on any atom is 0.171 e. The first kappa shape index (κ1) is 11.9. The van der Waals surface area contributed by atoms with Crippen molar-refractivity contribution >= 4 is 0 Å². The summed E-state index contributed by atoms with van der Waals surface area (Å²) in [6, 6.07) is 5.58. The maximum absolute atomic E-state index is 14.2. The Kier molecular flexibility index (Phi) is 2.79. The number of hydrogen-bond donors (Lipinski definition) is 1. The highest BCUT2D eigenvalue weighted by molar-refractivity contribution is 5.35. The van der Waals surface area contributed by atoms with Crippen LogP contribution in [0.5, 0.6) is 5.75 Å². The summed E-state index contributed by atoms with van der Waals surface area (Å²) in [5, 5.41) is 10.7. The summed E-state index contributed by atoms with van der Waals surface area (Å²) in [5.74, 6) is -0.231. The van der Waals surface area contributed by atoms with Crippen molar-refractivity contribution in [2.75, 3.05) is 20.2 Å². The topological polar surface area (TPSA) is 32.7 Å². The van der Waals surface area contributed by atoms with Crippen molar-refractivity contribution in [3.63, 3.8) is 0 Å². The molecule has 4 heteroatoms. The molecule has 1 heterocycles.